The second-order valence-corrected chi connectivity index (χ2v) is 6.76. The minimum atomic E-state index is -4.55. The van der Waals surface area contributed by atoms with Crippen molar-refractivity contribution in [2.45, 2.75) is 0 Å². The summed E-state index contributed by atoms with van der Waals surface area (Å²) in [6.07, 6.45) is 0. The van der Waals surface area contributed by atoms with Gasteiger partial charge in [-0.15, -0.1) is 0 Å². The molecule has 6 N–H and O–H groups in total. The van der Waals surface area contributed by atoms with E-state index in [1.54, 1.807) is 0 Å². The van der Waals surface area contributed by atoms with E-state index in [4.69, 9.17) is 19.6 Å². The maximum absolute atomic E-state index is 9.85. The van der Waals surface area contributed by atoms with E-state index in [2.05, 4.69) is 10.6 Å². The largest absolute Gasteiger partial charge is 0.337 e. The van der Waals surface area contributed by atoms with Crippen molar-refractivity contribution in [3.8, 4) is 0 Å². The number of rotatable bonds is 2. The Morgan fingerprint density at radius 2 is 1.07 bits per heavy atom. The van der Waals surface area contributed by atoms with Crippen molar-refractivity contribution in [3.63, 3.8) is 0 Å². The van der Waals surface area contributed by atoms with Gasteiger partial charge in [0, 0.05) is 26.2 Å². The van der Waals surface area contributed by atoms with E-state index in [1.807, 2.05) is 0 Å². The van der Waals surface area contributed by atoms with E-state index in [0.29, 0.717) is 0 Å². The molecule has 8 nitrogen and oxygen atoms in total. The van der Waals surface area contributed by atoms with Gasteiger partial charge in [0.2, 0.25) is 0 Å². The van der Waals surface area contributed by atoms with Crippen LogP contribution >= 0.6 is 15.2 Å². The number of hydrogen-bond acceptors (Lipinski definition) is 4. The van der Waals surface area contributed by atoms with Crippen LogP contribution in [0.2, 0.25) is 0 Å². The maximum Gasteiger partial charge on any atom is 0.337 e. The van der Waals surface area contributed by atoms with E-state index < -0.39 is 21.1 Å². The van der Waals surface area contributed by atoms with Gasteiger partial charge in [-0.3, -0.25) is 9.13 Å². The Morgan fingerprint density at radius 1 is 0.800 bits per heavy atom. The van der Waals surface area contributed by atoms with Gasteiger partial charge < -0.3 is 30.2 Å². The first-order valence-electron chi connectivity index (χ1n) is 4.21. The Kier molecular flexibility index (Phi) is 6.83. The SMILES string of the molecule is C1CNCCN1.O=P(O)(O)CP(=O)(O)O. The highest BCUT2D eigenvalue weighted by Crippen LogP contribution is 2.51. The summed E-state index contributed by atoms with van der Waals surface area (Å²) in [4.78, 5) is 31.9. The molecule has 1 rings (SSSR count). The third-order valence-electron chi connectivity index (χ3n) is 1.33. The minimum Gasteiger partial charge on any atom is -0.324 e. The Balaban J connectivity index is 0.000000280. The molecule has 0 bridgehead atoms. The molecular formula is C5H16N2O6P2. The van der Waals surface area contributed by atoms with Gasteiger partial charge in [-0.2, -0.15) is 0 Å². The molecule has 15 heavy (non-hydrogen) atoms. The topological polar surface area (TPSA) is 139 Å². The summed E-state index contributed by atoms with van der Waals surface area (Å²) >= 11 is 0. The standard InChI is InChI=1S/C4H10N2.CH6O6P2/c1-2-6-4-3-5-1;2-8(3,4)1-9(5,6)7/h5-6H,1-4H2;1H2,(H2,2,3,4)(H2,5,6,7). The summed E-state index contributed by atoms with van der Waals surface area (Å²) in [6.45, 7) is 4.56. The Hall–Kier alpha value is 0.220. The molecule has 0 atom stereocenters. The lowest BCUT2D eigenvalue weighted by atomic mass is 10.4. The number of hydrogen-bond donors (Lipinski definition) is 6. The molecule has 0 spiro atoms. The predicted molar refractivity (Wildman–Crippen MR) is 54.7 cm³/mol. The zero-order chi connectivity index (χ0) is 11.9. The molecule has 1 fully saturated rings. The molecule has 0 unspecified atom stereocenters. The summed E-state index contributed by atoms with van der Waals surface area (Å²) in [5.74, 6) is -1.38. The second-order valence-electron chi connectivity index (χ2n) is 2.97. The molecule has 0 amide bonds. The highest BCUT2D eigenvalue weighted by molar-refractivity contribution is 7.69. The fourth-order valence-corrected chi connectivity index (χ4v) is 2.76. The van der Waals surface area contributed by atoms with E-state index in [9.17, 15) is 9.13 Å². The van der Waals surface area contributed by atoms with E-state index in [0.717, 1.165) is 26.2 Å². The zero-order valence-electron chi connectivity index (χ0n) is 8.04. The van der Waals surface area contributed by atoms with Gasteiger partial charge in [0.15, 0.2) is 5.90 Å². The molecule has 1 heterocycles. The summed E-state index contributed by atoms with van der Waals surface area (Å²) in [6, 6.07) is 0. The lowest BCUT2D eigenvalue weighted by molar-refractivity contribution is 0.357. The second kappa shape index (κ2) is 6.73. The van der Waals surface area contributed by atoms with Crippen LogP contribution < -0.4 is 10.6 Å². The van der Waals surface area contributed by atoms with Crippen molar-refractivity contribution in [1.82, 2.24) is 10.6 Å². The number of piperazine rings is 1. The molecule has 0 aliphatic carbocycles. The molecule has 0 aromatic carbocycles. The molecule has 1 saturated heterocycles. The van der Waals surface area contributed by atoms with Crippen LogP contribution in [0.4, 0.5) is 0 Å². The number of nitrogens with one attached hydrogen (secondary N) is 2. The van der Waals surface area contributed by atoms with Crippen LogP contribution in [0.15, 0.2) is 0 Å². The van der Waals surface area contributed by atoms with E-state index in [-0.39, 0.29) is 0 Å². The van der Waals surface area contributed by atoms with Crippen molar-refractivity contribution in [3.05, 3.63) is 0 Å². The Labute approximate surface area is 87.4 Å². The van der Waals surface area contributed by atoms with Crippen LogP contribution in [0.25, 0.3) is 0 Å². The minimum absolute atomic E-state index is 1.14. The van der Waals surface area contributed by atoms with Crippen molar-refractivity contribution < 1.29 is 28.7 Å². The first-order chi connectivity index (χ1) is 6.71. The van der Waals surface area contributed by atoms with Gasteiger partial charge in [-0.05, 0) is 0 Å². The highest BCUT2D eigenvalue weighted by Gasteiger charge is 2.26. The van der Waals surface area contributed by atoms with Gasteiger partial charge in [0.25, 0.3) is 0 Å². The highest BCUT2D eigenvalue weighted by atomic mass is 31.2. The van der Waals surface area contributed by atoms with E-state index in [1.165, 1.54) is 0 Å². The monoisotopic (exact) mass is 262 g/mol. The first-order valence-corrected chi connectivity index (χ1v) is 7.81. The van der Waals surface area contributed by atoms with Gasteiger partial charge in [0.05, 0.1) is 0 Å². The van der Waals surface area contributed by atoms with Crippen molar-refractivity contribution in [2.75, 3.05) is 32.1 Å². The molecule has 0 aromatic rings. The van der Waals surface area contributed by atoms with Crippen molar-refractivity contribution in [2.24, 2.45) is 0 Å². The van der Waals surface area contributed by atoms with E-state index >= 15 is 0 Å². The summed E-state index contributed by atoms with van der Waals surface area (Å²) in [5, 5.41) is 6.44. The van der Waals surface area contributed by atoms with Crippen LogP contribution in [-0.4, -0.2) is 51.7 Å². The smallest absolute Gasteiger partial charge is 0.324 e. The Bertz CT molecular complexity index is 225. The maximum atomic E-state index is 9.85. The van der Waals surface area contributed by atoms with Gasteiger partial charge >= 0.3 is 15.2 Å². The molecule has 0 saturated carbocycles. The molecular weight excluding hydrogens is 246 g/mol. The van der Waals surface area contributed by atoms with Crippen LogP contribution in [0.5, 0.6) is 0 Å². The Morgan fingerprint density at radius 3 is 1.13 bits per heavy atom. The average Bonchev–Trinajstić information content (AvgIpc) is 2.01. The quantitative estimate of drug-likeness (QED) is 0.330. The van der Waals surface area contributed by atoms with Crippen molar-refractivity contribution in [1.29, 1.82) is 0 Å². The molecule has 1 aliphatic rings. The fraction of sp³-hybridized carbons (Fsp3) is 1.00. The normalized spacial score (nSPS) is 17.9. The van der Waals surface area contributed by atoms with Crippen LogP contribution in [0.3, 0.4) is 0 Å². The molecule has 1 aliphatic heterocycles. The van der Waals surface area contributed by atoms with Crippen LogP contribution in [0.1, 0.15) is 0 Å². The average molecular weight is 262 g/mol. The molecule has 10 heteroatoms. The summed E-state index contributed by atoms with van der Waals surface area (Å²) in [5.41, 5.74) is 0. The van der Waals surface area contributed by atoms with Gasteiger partial charge in [0.1, 0.15) is 0 Å². The summed E-state index contributed by atoms with van der Waals surface area (Å²) in [7, 11) is -9.10. The lowest BCUT2D eigenvalue weighted by Gasteiger charge is -2.11. The fourth-order valence-electron chi connectivity index (χ4n) is 0.844. The lowest BCUT2D eigenvalue weighted by Crippen LogP contribution is -2.39. The van der Waals surface area contributed by atoms with Gasteiger partial charge in [-0.25, -0.2) is 0 Å². The first kappa shape index (κ1) is 15.2. The zero-order valence-corrected chi connectivity index (χ0v) is 9.82. The molecule has 92 valence electrons. The third kappa shape index (κ3) is 14.2. The third-order valence-corrected chi connectivity index (χ3v) is 4.27. The van der Waals surface area contributed by atoms with Gasteiger partial charge in [-0.1, -0.05) is 0 Å². The summed E-state index contributed by atoms with van der Waals surface area (Å²) < 4.78 is 19.7. The molecule has 0 aromatic heterocycles. The van der Waals surface area contributed by atoms with Crippen LogP contribution in [-0.2, 0) is 9.13 Å². The van der Waals surface area contributed by atoms with Crippen LogP contribution in [0, 0.1) is 0 Å². The van der Waals surface area contributed by atoms with Crippen molar-refractivity contribution >= 4 is 15.2 Å². The molecule has 0 radical (unpaired) electrons. The predicted octanol–water partition coefficient (Wildman–Crippen LogP) is -1.52.